The Balaban J connectivity index is 2.48. The SMILES string of the molecule is O=C(CCc1ccccc1)C(O)C(F)(F)F. The van der Waals surface area contributed by atoms with Crippen LogP contribution in [0.15, 0.2) is 30.3 Å². The molecule has 1 aromatic carbocycles. The fourth-order valence-electron chi connectivity index (χ4n) is 1.23. The number of ketones is 1. The Morgan fingerprint density at radius 2 is 1.81 bits per heavy atom. The topological polar surface area (TPSA) is 37.3 Å². The summed E-state index contributed by atoms with van der Waals surface area (Å²) in [5.41, 5.74) is 0.769. The van der Waals surface area contributed by atoms with Crippen molar-refractivity contribution < 1.29 is 23.1 Å². The fourth-order valence-corrected chi connectivity index (χ4v) is 1.23. The molecule has 0 fully saturated rings. The first-order valence-corrected chi connectivity index (χ1v) is 4.72. The Bertz CT molecular complexity index is 346. The first-order chi connectivity index (χ1) is 7.41. The number of Topliss-reactive ketones (excluding diaryl/α,β-unsaturated/α-hetero) is 1. The van der Waals surface area contributed by atoms with Gasteiger partial charge in [-0.3, -0.25) is 4.79 Å². The highest BCUT2D eigenvalue weighted by Crippen LogP contribution is 2.21. The molecule has 0 saturated carbocycles. The molecule has 0 aliphatic rings. The Morgan fingerprint density at radius 1 is 1.25 bits per heavy atom. The van der Waals surface area contributed by atoms with Crippen molar-refractivity contribution in [1.82, 2.24) is 0 Å². The number of hydrogen-bond acceptors (Lipinski definition) is 2. The van der Waals surface area contributed by atoms with Gasteiger partial charge in [0.25, 0.3) is 0 Å². The zero-order valence-electron chi connectivity index (χ0n) is 8.37. The first kappa shape index (κ1) is 12.7. The third kappa shape index (κ3) is 3.66. The zero-order valence-corrected chi connectivity index (χ0v) is 8.37. The second-order valence-corrected chi connectivity index (χ2v) is 3.40. The third-order valence-corrected chi connectivity index (χ3v) is 2.12. The van der Waals surface area contributed by atoms with Crippen molar-refractivity contribution in [1.29, 1.82) is 0 Å². The smallest absolute Gasteiger partial charge is 0.377 e. The van der Waals surface area contributed by atoms with Gasteiger partial charge >= 0.3 is 6.18 Å². The lowest BCUT2D eigenvalue weighted by Gasteiger charge is -2.12. The summed E-state index contributed by atoms with van der Waals surface area (Å²) >= 11 is 0. The third-order valence-electron chi connectivity index (χ3n) is 2.12. The number of hydrogen-bond donors (Lipinski definition) is 1. The molecule has 0 aliphatic heterocycles. The van der Waals surface area contributed by atoms with Crippen molar-refractivity contribution in [2.75, 3.05) is 0 Å². The van der Waals surface area contributed by atoms with E-state index in [9.17, 15) is 18.0 Å². The van der Waals surface area contributed by atoms with Crippen LogP contribution < -0.4 is 0 Å². The van der Waals surface area contributed by atoms with E-state index in [-0.39, 0.29) is 12.8 Å². The molecule has 1 aromatic rings. The maximum Gasteiger partial charge on any atom is 0.421 e. The van der Waals surface area contributed by atoms with Crippen LogP contribution in [-0.2, 0) is 11.2 Å². The van der Waals surface area contributed by atoms with Crippen molar-refractivity contribution in [2.24, 2.45) is 0 Å². The van der Waals surface area contributed by atoms with Crippen molar-refractivity contribution in [2.45, 2.75) is 25.1 Å². The van der Waals surface area contributed by atoms with Crippen molar-refractivity contribution >= 4 is 5.78 Å². The van der Waals surface area contributed by atoms with Crippen molar-refractivity contribution in [3.8, 4) is 0 Å². The van der Waals surface area contributed by atoms with E-state index in [4.69, 9.17) is 5.11 Å². The largest absolute Gasteiger partial charge is 0.421 e. The second-order valence-electron chi connectivity index (χ2n) is 3.40. The molecule has 0 radical (unpaired) electrons. The molecule has 1 unspecified atom stereocenters. The number of aryl methyl sites for hydroxylation is 1. The molecule has 0 aliphatic carbocycles. The van der Waals surface area contributed by atoms with Crippen LogP contribution >= 0.6 is 0 Å². The molecule has 0 amide bonds. The summed E-state index contributed by atoms with van der Waals surface area (Å²) in [4.78, 5) is 11.0. The highest BCUT2D eigenvalue weighted by Gasteiger charge is 2.42. The van der Waals surface area contributed by atoms with E-state index in [2.05, 4.69) is 0 Å². The van der Waals surface area contributed by atoms with Crippen molar-refractivity contribution in [3.05, 3.63) is 35.9 Å². The summed E-state index contributed by atoms with van der Waals surface area (Å²) in [7, 11) is 0. The van der Waals surface area contributed by atoms with Crippen LogP contribution in [-0.4, -0.2) is 23.2 Å². The van der Waals surface area contributed by atoms with E-state index < -0.39 is 18.1 Å². The molecule has 88 valence electrons. The number of aliphatic hydroxyl groups excluding tert-OH is 1. The average molecular weight is 232 g/mol. The Morgan fingerprint density at radius 3 is 2.31 bits per heavy atom. The molecule has 5 heteroatoms. The molecular formula is C11H11F3O2. The quantitative estimate of drug-likeness (QED) is 0.863. The summed E-state index contributed by atoms with van der Waals surface area (Å²) in [6.07, 6.45) is -7.85. The molecule has 0 saturated heterocycles. The second kappa shape index (κ2) is 5.12. The van der Waals surface area contributed by atoms with Gasteiger partial charge in [0.05, 0.1) is 0 Å². The average Bonchev–Trinajstić information content (AvgIpc) is 2.25. The van der Waals surface area contributed by atoms with Crippen LogP contribution in [0.3, 0.4) is 0 Å². The van der Waals surface area contributed by atoms with Gasteiger partial charge < -0.3 is 5.11 Å². The van der Waals surface area contributed by atoms with Gasteiger partial charge in [0, 0.05) is 6.42 Å². The first-order valence-electron chi connectivity index (χ1n) is 4.72. The minimum absolute atomic E-state index is 0.201. The molecule has 1 rings (SSSR count). The van der Waals surface area contributed by atoms with E-state index in [1.807, 2.05) is 0 Å². The Hall–Kier alpha value is -1.36. The molecule has 0 aromatic heterocycles. The molecule has 0 bridgehead atoms. The van der Waals surface area contributed by atoms with Gasteiger partial charge in [-0.15, -0.1) is 0 Å². The Labute approximate surface area is 90.7 Å². The summed E-state index contributed by atoms with van der Waals surface area (Å²) in [6, 6.07) is 8.68. The van der Waals surface area contributed by atoms with Crippen LogP contribution in [0.5, 0.6) is 0 Å². The van der Waals surface area contributed by atoms with Gasteiger partial charge in [-0.1, -0.05) is 30.3 Å². The predicted molar refractivity (Wildman–Crippen MR) is 51.8 cm³/mol. The zero-order chi connectivity index (χ0) is 12.2. The van der Waals surface area contributed by atoms with E-state index in [0.717, 1.165) is 5.56 Å². The summed E-state index contributed by atoms with van der Waals surface area (Å²) in [5.74, 6) is -1.20. The highest BCUT2D eigenvalue weighted by atomic mass is 19.4. The van der Waals surface area contributed by atoms with Gasteiger partial charge in [0.2, 0.25) is 6.10 Å². The van der Waals surface area contributed by atoms with Crippen molar-refractivity contribution in [3.63, 3.8) is 0 Å². The summed E-state index contributed by atoms with van der Waals surface area (Å²) in [6.45, 7) is 0. The molecule has 16 heavy (non-hydrogen) atoms. The van der Waals surface area contributed by atoms with Gasteiger partial charge in [-0.05, 0) is 12.0 Å². The van der Waals surface area contributed by atoms with E-state index in [1.54, 1.807) is 30.3 Å². The number of halogens is 3. The normalized spacial score (nSPS) is 13.5. The molecular weight excluding hydrogens is 221 g/mol. The molecule has 2 nitrogen and oxygen atoms in total. The number of benzene rings is 1. The van der Waals surface area contributed by atoms with Crippen LogP contribution in [0.2, 0.25) is 0 Å². The monoisotopic (exact) mass is 232 g/mol. The molecule has 1 atom stereocenters. The lowest BCUT2D eigenvalue weighted by molar-refractivity contribution is -0.203. The highest BCUT2D eigenvalue weighted by molar-refractivity contribution is 5.83. The minimum Gasteiger partial charge on any atom is -0.377 e. The number of rotatable bonds is 4. The van der Waals surface area contributed by atoms with Gasteiger partial charge in [0.15, 0.2) is 5.78 Å². The summed E-state index contributed by atoms with van der Waals surface area (Å²) < 4.78 is 35.9. The van der Waals surface area contributed by atoms with Crippen LogP contribution in [0.25, 0.3) is 0 Å². The number of carbonyl (C=O) groups is 1. The molecule has 1 N–H and O–H groups in total. The number of carbonyl (C=O) groups excluding carboxylic acids is 1. The van der Waals surface area contributed by atoms with E-state index in [0.29, 0.717) is 0 Å². The van der Waals surface area contributed by atoms with Crippen LogP contribution in [0.1, 0.15) is 12.0 Å². The summed E-state index contributed by atoms with van der Waals surface area (Å²) in [5, 5.41) is 8.66. The molecule has 0 heterocycles. The number of aliphatic hydroxyl groups is 1. The van der Waals surface area contributed by atoms with E-state index in [1.165, 1.54) is 0 Å². The maximum absolute atomic E-state index is 12.0. The standard InChI is InChI=1S/C11H11F3O2/c12-11(13,14)10(16)9(15)7-6-8-4-2-1-3-5-8/h1-5,10,16H,6-7H2. The predicted octanol–water partition coefficient (Wildman–Crippen LogP) is 2.11. The van der Waals surface area contributed by atoms with Gasteiger partial charge in [0.1, 0.15) is 0 Å². The maximum atomic E-state index is 12.0. The van der Waals surface area contributed by atoms with Gasteiger partial charge in [-0.2, -0.15) is 13.2 Å². The fraction of sp³-hybridized carbons (Fsp3) is 0.364. The van der Waals surface area contributed by atoms with Gasteiger partial charge in [-0.25, -0.2) is 0 Å². The minimum atomic E-state index is -4.87. The lowest BCUT2D eigenvalue weighted by Crippen LogP contribution is -2.36. The lowest BCUT2D eigenvalue weighted by atomic mass is 10.0. The van der Waals surface area contributed by atoms with Crippen LogP contribution in [0.4, 0.5) is 13.2 Å². The molecule has 0 spiro atoms. The van der Waals surface area contributed by atoms with E-state index >= 15 is 0 Å². The van der Waals surface area contributed by atoms with Crippen LogP contribution in [0, 0.1) is 0 Å². The Kier molecular flexibility index (Phi) is 4.06. The number of alkyl halides is 3.